The van der Waals surface area contributed by atoms with Crippen LogP contribution in [0.15, 0.2) is 36.4 Å². The van der Waals surface area contributed by atoms with E-state index in [0.717, 1.165) is 22.4 Å². The Balaban J connectivity index is 2.12. The lowest BCUT2D eigenvalue weighted by molar-refractivity contribution is 0.302. The summed E-state index contributed by atoms with van der Waals surface area (Å²) >= 11 is 5.63. The molecular weight excluding hydrogens is 265 g/mol. The van der Waals surface area contributed by atoms with Gasteiger partial charge in [-0.15, -0.1) is 0 Å². The highest BCUT2D eigenvalue weighted by Gasteiger charge is 2.05. The molecule has 0 atom stereocenters. The first-order valence-corrected chi connectivity index (χ1v) is 6.34. The van der Waals surface area contributed by atoms with Gasteiger partial charge in [0.2, 0.25) is 0 Å². The number of halogens is 2. The molecule has 0 saturated heterocycles. The van der Waals surface area contributed by atoms with Crippen LogP contribution in [0.5, 0.6) is 5.75 Å². The molecule has 2 aromatic carbocycles. The van der Waals surface area contributed by atoms with Crippen LogP contribution in [0.2, 0.25) is 5.02 Å². The van der Waals surface area contributed by atoms with Gasteiger partial charge >= 0.3 is 0 Å². The molecule has 0 aliphatic rings. The highest BCUT2D eigenvalue weighted by Crippen LogP contribution is 2.22. The molecule has 19 heavy (non-hydrogen) atoms. The zero-order valence-corrected chi connectivity index (χ0v) is 11.4. The van der Waals surface area contributed by atoms with Crippen LogP contribution in [0.4, 0.5) is 4.39 Å². The van der Waals surface area contributed by atoms with Gasteiger partial charge in [0.15, 0.2) is 0 Å². The average Bonchev–Trinajstić information content (AvgIpc) is 2.41. The summed E-state index contributed by atoms with van der Waals surface area (Å²) in [5, 5.41) is 0.113. The highest BCUT2D eigenvalue weighted by atomic mass is 35.5. The van der Waals surface area contributed by atoms with E-state index in [1.807, 2.05) is 25.1 Å². The number of hydrogen-bond acceptors (Lipinski definition) is 2. The zero-order valence-electron chi connectivity index (χ0n) is 10.6. The second-order valence-electron chi connectivity index (χ2n) is 4.35. The fourth-order valence-corrected chi connectivity index (χ4v) is 1.92. The number of aryl methyl sites for hydroxylation is 1. The molecule has 0 heterocycles. The molecule has 0 bridgehead atoms. The summed E-state index contributed by atoms with van der Waals surface area (Å²) in [5.74, 6) is 0.286. The number of nitrogens with two attached hydrogens (primary N) is 1. The topological polar surface area (TPSA) is 35.2 Å². The molecule has 0 unspecified atom stereocenters. The van der Waals surface area contributed by atoms with E-state index in [0.29, 0.717) is 6.54 Å². The fourth-order valence-electron chi connectivity index (χ4n) is 1.80. The Morgan fingerprint density at radius 3 is 2.68 bits per heavy atom. The number of hydrogen-bond donors (Lipinski definition) is 1. The molecule has 0 fully saturated rings. The first kappa shape index (κ1) is 13.8. The molecule has 100 valence electrons. The zero-order chi connectivity index (χ0) is 13.8. The second-order valence-corrected chi connectivity index (χ2v) is 4.76. The summed E-state index contributed by atoms with van der Waals surface area (Å²) in [6.45, 7) is 2.69. The van der Waals surface area contributed by atoms with Crippen molar-refractivity contribution in [2.24, 2.45) is 5.73 Å². The monoisotopic (exact) mass is 279 g/mol. The highest BCUT2D eigenvalue weighted by molar-refractivity contribution is 6.30. The summed E-state index contributed by atoms with van der Waals surface area (Å²) < 4.78 is 19.0. The summed E-state index contributed by atoms with van der Waals surface area (Å²) in [5.41, 5.74) is 8.47. The molecule has 0 radical (unpaired) electrons. The minimum absolute atomic E-state index is 0.113. The molecule has 0 aliphatic heterocycles. The van der Waals surface area contributed by atoms with Crippen LogP contribution >= 0.6 is 11.6 Å². The third-order valence-corrected chi connectivity index (χ3v) is 3.12. The van der Waals surface area contributed by atoms with Crippen molar-refractivity contribution in [2.45, 2.75) is 20.1 Å². The Kier molecular flexibility index (Phi) is 4.40. The fraction of sp³-hybridized carbons (Fsp3) is 0.200. The van der Waals surface area contributed by atoms with Gasteiger partial charge in [0.25, 0.3) is 0 Å². The smallest absolute Gasteiger partial charge is 0.142 e. The van der Waals surface area contributed by atoms with Gasteiger partial charge in [-0.05, 0) is 30.7 Å². The van der Waals surface area contributed by atoms with Gasteiger partial charge < -0.3 is 10.5 Å². The van der Waals surface area contributed by atoms with Crippen molar-refractivity contribution in [3.8, 4) is 5.75 Å². The Bertz CT molecular complexity index is 586. The van der Waals surface area contributed by atoms with Gasteiger partial charge in [0, 0.05) is 12.1 Å². The van der Waals surface area contributed by atoms with Gasteiger partial charge in [0.1, 0.15) is 18.2 Å². The van der Waals surface area contributed by atoms with Gasteiger partial charge in [-0.1, -0.05) is 35.4 Å². The predicted octanol–water partition coefficient (Wildman–Crippen LogP) is 3.83. The van der Waals surface area contributed by atoms with Gasteiger partial charge in [-0.2, -0.15) is 0 Å². The molecule has 0 aromatic heterocycles. The minimum Gasteiger partial charge on any atom is -0.489 e. The molecule has 0 spiro atoms. The first-order valence-electron chi connectivity index (χ1n) is 5.96. The lowest BCUT2D eigenvalue weighted by Crippen LogP contribution is -2.03. The molecule has 0 aliphatic carbocycles. The van der Waals surface area contributed by atoms with E-state index >= 15 is 0 Å². The van der Waals surface area contributed by atoms with E-state index in [1.165, 1.54) is 12.1 Å². The Labute approximate surface area is 117 Å². The Hall–Kier alpha value is -1.58. The van der Waals surface area contributed by atoms with Gasteiger partial charge in [-0.25, -0.2) is 4.39 Å². The van der Waals surface area contributed by atoms with E-state index in [1.54, 1.807) is 6.07 Å². The number of benzene rings is 2. The molecule has 0 amide bonds. The van der Waals surface area contributed by atoms with E-state index in [-0.39, 0.29) is 11.6 Å². The third kappa shape index (κ3) is 3.46. The number of ether oxygens (including phenoxy) is 1. The molecule has 0 saturated carbocycles. The van der Waals surface area contributed by atoms with Crippen LogP contribution in [-0.4, -0.2) is 0 Å². The number of rotatable bonds is 4. The van der Waals surface area contributed by atoms with Gasteiger partial charge in [0.05, 0.1) is 5.02 Å². The lowest BCUT2D eigenvalue weighted by Gasteiger charge is -2.11. The standard InChI is InChI=1S/C15H15ClFNO/c1-10-2-5-15(12(6-10)8-18)19-9-11-3-4-13(16)14(17)7-11/h2-7H,8-9,18H2,1H3. The van der Waals surface area contributed by atoms with Crippen molar-refractivity contribution in [1.82, 2.24) is 0 Å². The maximum atomic E-state index is 13.3. The Morgan fingerprint density at radius 2 is 2.00 bits per heavy atom. The van der Waals surface area contributed by atoms with Crippen molar-refractivity contribution >= 4 is 11.6 Å². The van der Waals surface area contributed by atoms with Crippen molar-refractivity contribution in [2.75, 3.05) is 0 Å². The Morgan fingerprint density at radius 1 is 1.21 bits per heavy atom. The van der Waals surface area contributed by atoms with Crippen molar-refractivity contribution in [3.63, 3.8) is 0 Å². The van der Waals surface area contributed by atoms with Crippen molar-refractivity contribution in [3.05, 3.63) is 63.9 Å². The molecular formula is C15H15ClFNO. The summed E-state index contributed by atoms with van der Waals surface area (Å²) in [6, 6.07) is 10.5. The van der Waals surface area contributed by atoms with Crippen LogP contribution < -0.4 is 10.5 Å². The van der Waals surface area contributed by atoms with Crippen molar-refractivity contribution < 1.29 is 9.13 Å². The normalized spacial score (nSPS) is 10.5. The van der Waals surface area contributed by atoms with Crippen LogP contribution in [0.25, 0.3) is 0 Å². The van der Waals surface area contributed by atoms with Crippen molar-refractivity contribution in [1.29, 1.82) is 0 Å². The summed E-state index contributed by atoms with van der Waals surface area (Å²) in [6.07, 6.45) is 0. The molecule has 2 rings (SSSR count). The first-order chi connectivity index (χ1) is 9.10. The summed E-state index contributed by atoms with van der Waals surface area (Å²) in [7, 11) is 0. The minimum atomic E-state index is -0.439. The molecule has 2 nitrogen and oxygen atoms in total. The third-order valence-electron chi connectivity index (χ3n) is 2.81. The average molecular weight is 280 g/mol. The maximum Gasteiger partial charge on any atom is 0.142 e. The van der Waals surface area contributed by atoms with E-state index in [9.17, 15) is 4.39 Å². The summed E-state index contributed by atoms with van der Waals surface area (Å²) in [4.78, 5) is 0. The maximum absolute atomic E-state index is 13.3. The van der Waals surface area contributed by atoms with Gasteiger partial charge in [-0.3, -0.25) is 0 Å². The van der Waals surface area contributed by atoms with Crippen LogP contribution in [0, 0.1) is 12.7 Å². The lowest BCUT2D eigenvalue weighted by atomic mass is 10.1. The molecule has 4 heteroatoms. The van der Waals surface area contributed by atoms with Crippen LogP contribution in [0.3, 0.4) is 0 Å². The van der Waals surface area contributed by atoms with E-state index in [4.69, 9.17) is 22.1 Å². The molecule has 2 N–H and O–H groups in total. The predicted molar refractivity (Wildman–Crippen MR) is 74.8 cm³/mol. The second kappa shape index (κ2) is 6.04. The quantitative estimate of drug-likeness (QED) is 0.923. The molecule has 2 aromatic rings. The van der Waals surface area contributed by atoms with Crippen LogP contribution in [0.1, 0.15) is 16.7 Å². The van der Waals surface area contributed by atoms with Crippen LogP contribution in [-0.2, 0) is 13.2 Å². The van der Waals surface area contributed by atoms with E-state index in [2.05, 4.69) is 0 Å². The van der Waals surface area contributed by atoms with E-state index < -0.39 is 5.82 Å². The largest absolute Gasteiger partial charge is 0.489 e. The SMILES string of the molecule is Cc1ccc(OCc2ccc(Cl)c(F)c2)c(CN)c1.